The summed E-state index contributed by atoms with van der Waals surface area (Å²) in [5, 5.41) is 43.2. The zero-order valence-electron chi connectivity index (χ0n) is 64.8. The van der Waals surface area contributed by atoms with E-state index >= 15 is 0 Å². The fraction of sp³-hybridized carbons (Fsp3) is 0.350. The SMILES string of the molecule is Cc1nc(NC(C)c2ccc(F)cc2F)cc(N(C)c2cc(C3CC3)[nH]n2)n1.Cc1nc(Nc2cc(C)n(C)n2)cc(NC(C)c2ccc(F)cc2F)n1.Cc1nc(Nc2cc(C)n(C3CCOCC3)n2)cc(NC(C)c2ccc(F)cc2F)n1.Cc1nc(Nc2cc(C3CC3)n(C)n2)cc(NC(C)c2ccc(F)cc2F)n1. The lowest BCUT2D eigenvalue weighted by molar-refractivity contribution is 0.0657. The molecule has 0 amide bonds. The van der Waals surface area contributed by atoms with Crippen molar-refractivity contribution in [1.82, 2.24) is 79.4 Å². The summed E-state index contributed by atoms with van der Waals surface area (Å²) in [6.45, 7) is 19.8. The van der Waals surface area contributed by atoms with Crippen molar-refractivity contribution in [3.63, 3.8) is 0 Å². The number of benzene rings is 4. The van der Waals surface area contributed by atoms with Crippen LogP contribution in [0.1, 0.15) is 177 Å². The Bertz CT molecular complexity index is 5290. The number of aromatic amines is 1. The number of ether oxygens (including phenoxy) is 1. The van der Waals surface area contributed by atoms with Crippen molar-refractivity contribution in [3.8, 4) is 0 Å². The van der Waals surface area contributed by atoms with Crippen LogP contribution in [0.15, 0.2) is 121 Å². The second kappa shape index (κ2) is 35.5. The van der Waals surface area contributed by atoms with E-state index in [4.69, 9.17) is 9.84 Å². The Labute approximate surface area is 648 Å². The van der Waals surface area contributed by atoms with Crippen molar-refractivity contribution in [1.29, 1.82) is 0 Å². The standard InChI is InChI=1S/C22H26F2N6O.2C20H22F2N6.C18H20F2N6/c1-13-10-22(29-30(13)17-6-8-31-9-7-17)28-21-12-20(26-15(3)27-21)25-14(2)18-5-4-16(23)11-19(18)24;1-11(15-7-6-14(21)8-16(15)22)23-18-10-19(25-12(2)24-18)26-20-9-17(13-4-5-13)28(3)27-20;1-11(15-7-6-14(21)8-16(15)22)23-18-10-19(25-12(2)24-18)28(3)20-9-17(26-27-20)13-4-5-13;1-10-7-18(25-26(10)4)24-17-9-16(22-12(3)23-17)21-11(2)14-6-5-13(19)8-15(14)20/h4-5,10-12,14,17H,6-9H2,1-3H3,(H2,25,26,27,28,29);6-11,13H,4-5H2,1-3H3,(H2,23,24,25,26,27);6-11,13H,4-5H2,1-3H3,(H,26,27)(H,23,24,25);5-9,11H,1-4H3,(H2,21,22,23,24,25). The third-order valence-corrected chi connectivity index (χ3v) is 19.1. The molecule has 3 aliphatic rings. The van der Waals surface area contributed by atoms with Gasteiger partial charge in [0.25, 0.3) is 0 Å². The van der Waals surface area contributed by atoms with Crippen LogP contribution < -0.4 is 42.1 Å². The van der Waals surface area contributed by atoms with E-state index in [0.29, 0.717) is 122 Å². The molecular formula is C80H90F8N24O. The minimum Gasteiger partial charge on any atom is -0.381 e. The summed E-state index contributed by atoms with van der Waals surface area (Å²) >= 11 is 0. The number of hydrogen-bond donors (Lipinski definition) is 8. The lowest BCUT2D eigenvalue weighted by Crippen LogP contribution is -2.21. The highest BCUT2D eigenvalue weighted by atomic mass is 19.2. The molecule has 1 saturated heterocycles. The van der Waals surface area contributed by atoms with Crippen LogP contribution >= 0.6 is 0 Å². The molecule has 8 aromatic heterocycles. The monoisotopic (exact) mass is 1550 g/mol. The maximum Gasteiger partial charge on any atom is 0.155 e. The van der Waals surface area contributed by atoms with Crippen molar-refractivity contribution in [3.05, 3.63) is 236 Å². The maximum absolute atomic E-state index is 14.1. The Hall–Kier alpha value is -12.2. The first-order valence-corrected chi connectivity index (χ1v) is 37.1. The van der Waals surface area contributed by atoms with Gasteiger partial charge in [-0.2, -0.15) is 20.4 Å². The Balaban J connectivity index is 0.000000140. The molecular weight excluding hydrogens is 1470 g/mol. The lowest BCUT2D eigenvalue weighted by atomic mass is 10.1. The van der Waals surface area contributed by atoms with E-state index in [1.54, 1.807) is 84.3 Å². The summed E-state index contributed by atoms with van der Waals surface area (Å²) in [7, 11) is 5.69. The molecule has 25 nitrogen and oxygen atoms in total. The Kier molecular flexibility index (Phi) is 25.2. The van der Waals surface area contributed by atoms with Crippen molar-refractivity contribution in [2.45, 2.75) is 150 Å². The third-order valence-electron chi connectivity index (χ3n) is 19.1. The predicted octanol–water partition coefficient (Wildman–Crippen LogP) is 18.1. The zero-order chi connectivity index (χ0) is 80.5. The number of aryl methyl sites for hydroxylation is 8. The van der Waals surface area contributed by atoms with Gasteiger partial charge in [-0.05, 0) is 132 Å². The van der Waals surface area contributed by atoms with Gasteiger partial charge in [-0.15, -0.1) is 0 Å². The molecule has 8 N–H and O–H groups in total. The average molecular weight is 1560 g/mol. The first kappa shape index (κ1) is 80.4. The fourth-order valence-electron chi connectivity index (χ4n) is 12.9. The molecule has 3 fully saturated rings. The molecule has 4 unspecified atom stereocenters. The van der Waals surface area contributed by atoms with Crippen LogP contribution in [0, 0.1) is 88.1 Å². The summed E-state index contributed by atoms with van der Waals surface area (Å²) in [6.07, 6.45) is 6.70. The quantitative estimate of drug-likeness (QED) is 0.0276. The van der Waals surface area contributed by atoms with Crippen molar-refractivity contribution < 1.29 is 39.9 Å². The molecule has 4 atom stereocenters. The number of aromatic nitrogens is 16. The molecule has 1 aliphatic heterocycles. The largest absolute Gasteiger partial charge is 0.381 e. The van der Waals surface area contributed by atoms with Crippen LogP contribution in [0.2, 0.25) is 0 Å². The third kappa shape index (κ3) is 21.5. The molecule has 0 spiro atoms. The fourth-order valence-corrected chi connectivity index (χ4v) is 12.9. The molecule has 0 bridgehead atoms. The van der Waals surface area contributed by atoms with Gasteiger partial charge in [-0.3, -0.25) is 19.1 Å². The first-order chi connectivity index (χ1) is 54.0. The summed E-state index contributed by atoms with van der Waals surface area (Å²) in [6, 6.07) is 27.9. The number of nitrogens with one attached hydrogen (secondary N) is 8. The van der Waals surface area contributed by atoms with Crippen molar-refractivity contribution >= 4 is 69.8 Å². The normalized spacial score (nSPS) is 14.4. The van der Waals surface area contributed by atoms with Gasteiger partial charge < -0.3 is 46.9 Å². The Morgan fingerprint density at radius 3 is 1.14 bits per heavy atom. The summed E-state index contributed by atoms with van der Waals surface area (Å²) in [5.74, 6) is 6.14. The van der Waals surface area contributed by atoms with Gasteiger partial charge in [0.05, 0.1) is 30.2 Å². The van der Waals surface area contributed by atoms with Crippen LogP contribution in [0.3, 0.4) is 0 Å². The first-order valence-electron chi connectivity index (χ1n) is 37.1. The van der Waals surface area contributed by atoms with Crippen LogP contribution in [0.4, 0.5) is 105 Å². The van der Waals surface area contributed by atoms with Gasteiger partial charge in [-0.25, -0.2) is 75.0 Å². The molecule has 12 aromatic rings. The zero-order valence-corrected chi connectivity index (χ0v) is 64.8. The molecule has 592 valence electrons. The minimum absolute atomic E-state index is 0.333. The van der Waals surface area contributed by atoms with Crippen LogP contribution in [-0.4, -0.2) is 99.7 Å². The topological polar surface area (TPSA) is 282 Å². The van der Waals surface area contributed by atoms with Crippen LogP contribution in [-0.2, 0) is 18.8 Å². The highest BCUT2D eigenvalue weighted by molar-refractivity contribution is 5.62. The lowest BCUT2D eigenvalue weighted by Gasteiger charge is -2.23. The molecule has 2 aliphatic carbocycles. The van der Waals surface area contributed by atoms with Crippen LogP contribution in [0.5, 0.6) is 0 Å². The number of anilines is 12. The molecule has 4 aromatic carbocycles. The van der Waals surface area contributed by atoms with E-state index in [1.807, 2.05) is 73.5 Å². The van der Waals surface area contributed by atoms with Gasteiger partial charge >= 0.3 is 0 Å². The minimum atomic E-state index is -0.603. The molecule has 9 heterocycles. The van der Waals surface area contributed by atoms with E-state index in [1.165, 1.54) is 79.9 Å². The van der Waals surface area contributed by atoms with Gasteiger partial charge in [0.15, 0.2) is 23.3 Å². The maximum atomic E-state index is 14.1. The second-order valence-corrected chi connectivity index (χ2v) is 28.3. The van der Waals surface area contributed by atoms with E-state index in [9.17, 15) is 35.1 Å². The van der Waals surface area contributed by atoms with E-state index < -0.39 is 58.6 Å². The van der Waals surface area contributed by atoms with E-state index in [-0.39, 0.29) is 12.1 Å². The number of nitrogens with zero attached hydrogens (tertiary/aromatic N) is 16. The van der Waals surface area contributed by atoms with Gasteiger partial charge in [-0.1, -0.05) is 24.3 Å². The van der Waals surface area contributed by atoms with Crippen molar-refractivity contribution in [2.75, 3.05) is 62.4 Å². The average Bonchev–Trinajstić information content (AvgIpc) is 1.62. The molecule has 33 heteroatoms. The number of halogens is 8. The number of H-pyrrole nitrogens is 1. The number of rotatable bonds is 23. The van der Waals surface area contributed by atoms with Crippen molar-refractivity contribution in [2.24, 2.45) is 14.1 Å². The summed E-state index contributed by atoms with van der Waals surface area (Å²) < 4.78 is 120. The van der Waals surface area contributed by atoms with Gasteiger partial charge in [0.2, 0.25) is 0 Å². The predicted molar refractivity (Wildman–Crippen MR) is 418 cm³/mol. The molecule has 0 radical (unpaired) electrons. The smallest absolute Gasteiger partial charge is 0.155 e. The summed E-state index contributed by atoms with van der Waals surface area (Å²) in [5.41, 5.74) is 5.89. The highest BCUT2D eigenvalue weighted by Gasteiger charge is 2.29. The van der Waals surface area contributed by atoms with E-state index in [2.05, 4.69) is 97.5 Å². The van der Waals surface area contributed by atoms with Crippen LogP contribution in [0.25, 0.3) is 0 Å². The molecule has 15 rings (SSSR count). The van der Waals surface area contributed by atoms with Gasteiger partial charge in [0, 0.05) is 164 Å². The highest BCUT2D eigenvalue weighted by Crippen LogP contribution is 2.42. The Morgan fingerprint density at radius 1 is 0.389 bits per heavy atom. The second-order valence-electron chi connectivity index (χ2n) is 28.3. The summed E-state index contributed by atoms with van der Waals surface area (Å²) in [4.78, 5) is 37.0. The molecule has 2 saturated carbocycles. The Morgan fingerprint density at radius 2 is 0.752 bits per heavy atom. The van der Waals surface area contributed by atoms with Gasteiger partial charge in [0.1, 0.15) is 116 Å². The number of hydrogen-bond acceptors (Lipinski definition) is 21. The van der Waals surface area contributed by atoms with E-state index in [0.717, 1.165) is 79.0 Å². The molecule has 113 heavy (non-hydrogen) atoms.